The monoisotopic (exact) mass is 504 g/mol. The summed E-state index contributed by atoms with van der Waals surface area (Å²) < 4.78 is 10.6. The summed E-state index contributed by atoms with van der Waals surface area (Å²) in [6, 6.07) is 7.66. The summed E-state index contributed by atoms with van der Waals surface area (Å²) >= 11 is 14.1. The number of amides is 1. The Bertz CT molecular complexity index is 1250. The van der Waals surface area contributed by atoms with E-state index in [2.05, 4.69) is 4.98 Å². The van der Waals surface area contributed by atoms with Crippen LogP contribution in [0, 0.1) is 0 Å². The van der Waals surface area contributed by atoms with E-state index in [4.69, 9.17) is 32.7 Å². The predicted octanol–water partition coefficient (Wildman–Crippen LogP) is 5.09. The molecule has 1 aromatic carbocycles. The average Bonchev–Trinajstić information content (AvgIpc) is 3.41. The van der Waals surface area contributed by atoms with Crippen LogP contribution in [0.1, 0.15) is 22.0 Å². The highest BCUT2D eigenvalue weighted by Crippen LogP contribution is 2.47. The van der Waals surface area contributed by atoms with E-state index in [0.717, 1.165) is 4.88 Å². The highest BCUT2D eigenvalue weighted by Gasteiger charge is 2.46. The van der Waals surface area contributed by atoms with Crippen molar-refractivity contribution in [3.05, 3.63) is 79.7 Å². The zero-order chi connectivity index (χ0) is 23.7. The Morgan fingerprint density at radius 3 is 2.45 bits per heavy atom. The van der Waals surface area contributed by atoms with Gasteiger partial charge in [0, 0.05) is 17.3 Å². The molecule has 0 aliphatic carbocycles. The van der Waals surface area contributed by atoms with Gasteiger partial charge < -0.3 is 19.5 Å². The lowest BCUT2D eigenvalue weighted by Gasteiger charge is -2.25. The smallest absolute Gasteiger partial charge is 0.295 e. The molecule has 0 saturated carbocycles. The standard InChI is InChI=1S/C23H18Cl2N2O5S/c1-31-21-14(10-15(24)22(32-2)17(21)25)19(28)16-18(12-5-7-26-8-6-12)27(23(30)20(16)29)11-13-4-3-9-33-13/h3-10,18,28H,11H2,1-2H3/b19-16+. The number of carbonyl (C=O) groups is 2. The molecule has 7 nitrogen and oxygen atoms in total. The summed E-state index contributed by atoms with van der Waals surface area (Å²) in [5.74, 6) is -1.77. The number of pyridine rings is 1. The Morgan fingerprint density at radius 2 is 1.85 bits per heavy atom. The molecule has 1 atom stereocenters. The number of hydrogen-bond acceptors (Lipinski definition) is 7. The van der Waals surface area contributed by atoms with Crippen molar-refractivity contribution in [2.45, 2.75) is 12.6 Å². The van der Waals surface area contributed by atoms with Crippen molar-refractivity contribution in [2.24, 2.45) is 0 Å². The number of hydrogen-bond donors (Lipinski definition) is 1. The number of carbonyl (C=O) groups excluding carboxylic acids is 2. The summed E-state index contributed by atoms with van der Waals surface area (Å²) in [5.41, 5.74) is 0.590. The second kappa shape index (κ2) is 9.43. The number of methoxy groups -OCH3 is 2. The van der Waals surface area contributed by atoms with Crippen molar-refractivity contribution in [3.63, 3.8) is 0 Å². The number of nitrogens with zero attached hydrogens (tertiary/aromatic N) is 2. The van der Waals surface area contributed by atoms with E-state index in [1.165, 1.54) is 36.5 Å². The lowest BCUT2D eigenvalue weighted by molar-refractivity contribution is -0.140. The van der Waals surface area contributed by atoms with E-state index in [1.807, 2.05) is 17.5 Å². The van der Waals surface area contributed by atoms with E-state index >= 15 is 0 Å². The number of ketones is 1. The molecule has 1 aliphatic heterocycles. The number of likely N-dealkylation sites (tertiary alicyclic amines) is 1. The van der Waals surface area contributed by atoms with Crippen LogP contribution in [0.5, 0.6) is 11.5 Å². The van der Waals surface area contributed by atoms with Crippen molar-refractivity contribution in [1.82, 2.24) is 9.88 Å². The van der Waals surface area contributed by atoms with Gasteiger partial charge in [-0.2, -0.15) is 0 Å². The van der Waals surface area contributed by atoms with Crippen molar-refractivity contribution >= 4 is 52.0 Å². The fraction of sp³-hybridized carbons (Fsp3) is 0.174. The topological polar surface area (TPSA) is 89.0 Å². The van der Waals surface area contributed by atoms with Gasteiger partial charge in [-0.15, -0.1) is 11.3 Å². The molecule has 1 fully saturated rings. The van der Waals surface area contributed by atoms with Crippen molar-refractivity contribution < 1.29 is 24.2 Å². The minimum Gasteiger partial charge on any atom is -0.507 e. The van der Waals surface area contributed by atoms with Crippen LogP contribution in [0.25, 0.3) is 5.76 Å². The summed E-state index contributed by atoms with van der Waals surface area (Å²) in [5, 5.41) is 13.4. The summed E-state index contributed by atoms with van der Waals surface area (Å²) in [4.78, 5) is 32.6. The second-order valence-corrected chi connectivity index (χ2v) is 8.89. The first-order valence-electron chi connectivity index (χ1n) is 9.70. The van der Waals surface area contributed by atoms with Gasteiger partial charge in [0.1, 0.15) is 10.8 Å². The predicted molar refractivity (Wildman–Crippen MR) is 126 cm³/mol. The minimum absolute atomic E-state index is 0.0299. The summed E-state index contributed by atoms with van der Waals surface area (Å²) in [6.07, 6.45) is 3.12. The molecule has 0 bridgehead atoms. The van der Waals surface area contributed by atoms with Gasteiger partial charge in [-0.05, 0) is 35.2 Å². The number of halogens is 2. The molecular weight excluding hydrogens is 487 g/mol. The Kier molecular flexibility index (Phi) is 6.60. The average molecular weight is 505 g/mol. The molecule has 4 rings (SSSR count). The molecule has 3 heterocycles. The van der Waals surface area contributed by atoms with E-state index in [1.54, 1.807) is 24.5 Å². The molecule has 0 spiro atoms. The second-order valence-electron chi connectivity index (χ2n) is 7.07. The molecule has 1 saturated heterocycles. The molecule has 10 heteroatoms. The van der Waals surface area contributed by atoms with Crippen LogP contribution in [0.4, 0.5) is 0 Å². The molecule has 1 aliphatic rings. The maximum Gasteiger partial charge on any atom is 0.295 e. The van der Waals surface area contributed by atoms with Crippen LogP contribution in [0.3, 0.4) is 0 Å². The number of rotatable bonds is 6. The SMILES string of the molecule is COc1c(Cl)cc(/C(O)=C2\C(=O)C(=O)N(Cc3cccs3)C2c2ccncc2)c(OC)c1Cl. The lowest BCUT2D eigenvalue weighted by Crippen LogP contribution is -2.28. The molecule has 0 radical (unpaired) electrons. The summed E-state index contributed by atoms with van der Waals surface area (Å²) in [6.45, 7) is 0.202. The number of aromatic nitrogens is 1. The maximum atomic E-state index is 13.2. The van der Waals surface area contributed by atoms with E-state index < -0.39 is 23.5 Å². The largest absolute Gasteiger partial charge is 0.507 e. The van der Waals surface area contributed by atoms with Gasteiger partial charge in [0.25, 0.3) is 11.7 Å². The van der Waals surface area contributed by atoms with Crippen LogP contribution < -0.4 is 9.47 Å². The molecule has 1 unspecified atom stereocenters. The molecule has 33 heavy (non-hydrogen) atoms. The number of aliphatic hydroxyl groups is 1. The van der Waals surface area contributed by atoms with Crippen molar-refractivity contribution in [3.8, 4) is 11.5 Å². The van der Waals surface area contributed by atoms with Crippen LogP contribution >= 0.6 is 34.5 Å². The zero-order valence-corrected chi connectivity index (χ0v) is 19.9. The molecule has 1 N–H and O–H groups in total. The van der Waals surface area contributed by atoms with E-state index in [-0.39, 0.29) is 39.2 Å². The van der Waals surface area contributed by atoms with Crippen LogP contribution in [-0.2, 0) is 16.1 Å². The third-order valence-corrected chi connectivity index (χ3v) is 6.75. The van der Waals surface area contributed by atoms with Gasteiger partial charge >= 0.3 is 0 Å². The van der Waals surface area contributed by atoms with Gasteiger partial charge in [-0.25, -0.2) is 0 Å². The van der Waals surface area contributed by atoms with E-state index in [0.29, 0.717) is 5.56 Å². The van der Waals surface area contributed by atoms with Crippen LogP contribution in [0.15, 0.2) is 53.7 Å². The van der Waals surface area contributed by atoms with Crippen molar-refractivity contribution in [1.29, 1.82) is 0 Å². The maximum absolute atomic E-state index is 13.2. The van der Waals surface area contributed by atoms with Gasteiger partial charge in [0.2, 0.25) is 0 Å². The number of Topliss-reactive ketones (excluding diaryl/α,β-unsaturated/α-hetero) is 1. The van der Waals surface area contributed by atoms with E-state index in [9.17, 15) is 14.7 Å². The quantitative estimate of drug-likeness (QED) is 0.285. The Morgan fingerprint density at radius 1 is 1.15 bits per heavy atom. The number of aliphatic hydroxyl groups excluding tert-OH is 1. The van der Waals surface area contributed by atoms with Gasteiger partial charge in [-0.3, -0.25) is 14.6 Å². The third-order valence-electron chi connectivity index (χ3n) is 5.26. The number of benzene rings is 1. The van der Waals surface area contributed by atoms with Gasteiger partial charge in [-0.1, -0.05) is 29.3 Å². The summed E-state index contributed by atoms with van der Waals surface area (Å²) in [7, 11) is 2.76. The lowest BCUT2D eigenvalue weighted by atomic mass is 9.95. The third kappa shape index (κ3) is 4.06. The molecule has 3 aromatic rings. The molecule has 1 amide bonds. The molecule has 2 aromatic heterocycles. The van der Waals surface area contributed by atoms with Crippen LogP contribution in [0.2, 0.25) is 10.0 Å². The Labute approximate surface area is 203 Å². The first-order valence-corrected chi connectivity index (χ1v) is 11.3. The molecular formula is C23H18Cl2N2O5S. The van der Waals surface area contributed by atoms with Gasteiger partial charge in [0.05, 0.1) is 43.0 Å². The fourth-order valence-electron chi connectivity index (χ4n) is 3.80. The number of thiophene rings is 1. The van der Waals surface area contributed by atoms with Crippen LogP contribution in [-0.4, -0.2) is 40.9 Å². The molecule has 170 valence electrons. The highest BCUT2D eigenvalue weighted by atomic mass is 35.5. The first kappa shape index (κ1) is 23.1. The minimum atomic E-state index is -0.848. The first-order chi connectivity index (χ1) is 15.9. The number of ether oxygens (including phenoxy) is 2. The fourth-order valence-corrected chi connectivity index (χ4v) is 5.19. The highest BCUT2D eigenvalue weighted by molar-refractivity contribution is 7.09. The van der Waals surface area contributed by atoms with Crippen molar-refractivity contribution in [2.75, 3.05) is 14.2 Å². The Hall–Kier alpha value is -3.07. The zero-order valence-electron chi connectivity index (χ0n) is 17.5. The normalized spacial score (nSPS) is 17.5. The Balaban J connectivity index is 1.94. The van der Waals surface area contributed by atoms with Gasteiger partial charge in [0.15, 0.2) is 11.5 Å².